The number of hydrogen-bond donors (Lipinski definition) is 0. The Bertz CT molecular complexity index is 601. The predicted molar refractivity (Wildman–Crippen MR) is 90.4 cm³/mol. The van der Waals surface area contributed by atoms with E-state index in [1.165, 1.54) is 29.6 Å². The molecule has 3 nitrogen and oxygen atoms in total. The van der Waals surface area contributed by atoms with Gasteiger partial charge in [-0.1, -0.05) is 35.9 Å². The third-order valence-corrected chi connectivity index (χ3v) is 5.64. The molecule has 2 aliphatic carbocycles. The van der Waals surface area contributed by atoms with Crippen LogP contribution in [0.1, 0.15) is 37.2 Å². The van der Waals surface area contributed by atoms with E-state index in [4.69, 9.17) is 4.74 Å². The van der Waals surface area contributed by atoms with E-state index in [0.717, 1.165) is 45.7 Å². The van der Waals surface area contributed by atoms with Gasteiger partial charge < -0.3 is 4.74 Å². The highest BCUT2D eigenvalue weighted by Crippen LogP contribution is 2.47. The molecule has 1 aromatic rings. The highest BCUT2D eigenvalue weighted by atomic mass is 16.5. The standard InChI is InChI=1S/C20H25NO2/c22-20-17-9-5-4-8-16(17)19(15-6-2-1-3-7-15)18(20)14-21-10-12-23-13-11-21/h1-3,6-7,18-19H,4-5,8-14H2. The number of Topliss-reactive ketones (excluding diaryl/α,β-unsaturated/α-hetero) is 1. The normalized spacial score (nSPS) is 29.0. The number of morpholine rings is 1. The number of carbonyl (C=O) groups is 1. The summed E-state index contributed by atoms with van der Waals surface area (Å²) in [4.78, 5) is 15.5. The summed E-state index contributed by atoms with van der Waals surface area (Å²) in [6.45, 7) is 4.38. The molecular formula is C20H25NO2. The number of hydrogen-bond acceptors (Lipinski definition) is 3. The van der Waals surface area contributed by atoms with Crippen LogP contribution in [0.25, 0.3) is 0 Å². The van der Waals surface area contributed by atoms with E-state index in [2.05, 4.69) is 35.2 Å². The summed E-state index contributed by atoms with van der Waals surface area (Å²) in [6, 6.07) is 10.7. The lowest BCUT2D eigenvalue weighted by Crippen LogP contribution is -2.41. The minimum absolute atomic E-state index is 0.110. The molecule has 1 aromatic carbocycles. The third kappa shape index (κ3) is 2.88. The monoisotopic (exact) mass is 311 g/mol. The Labute approximate surface area is 138 Å². The van der Waals surface area contributed by atoms with Crippen LogP contribution in [-0.4, -0.2) is 43.5 Å². The van der Waals surface area contributed by atoms with Crippen LogP contribution in [0.3, 0.4) is 0 Å². The summed E-state index contributed by atoms with van der Waals surface area (Å²) >= 11 is 0. The summed E-state index contributed by atoms with van der Waals surface area (Å²) in [5.41, 5.74) is 3.94. The summed E-state index contributed by atoms with van der Waals surface area (Å²) in [5, 5.41) is 0. The Morgan fingerprint density at radius 3 is 2.57 bits per heavy atom. The van der Waals surface area contributed by atoms with Crippen molar-refractivity contribution in [2.75, 3.05) is 32.8 Å². The topological polar surface area (TPSA) is 29.5 Å². The number of carbonyl (C=O) groups excluding carboxylic acids is 1. The molecule has 0 spiro atoms. The quantitative estimate of drug-likeness (QED) is 0.859. The zero-order valence-corrected chi connectivity index (χ0v) is 13.7. The van der Waals surface area contributed by atoms with Crippen molar-refractivity contribution in [3.63, 3.8) is 0 Å². The molecule has 0 radical (unpaired) electrons. The van der Waals surface area contributed by atoms with Gasteiger partial charge in [0.25, 0.3) is 0 Å². The average molecular weight is 311 g/mol. The lowest BCUT2D eigenvalue weighted by molar-refractivity contribution is -0.119. The number of allylic oxidation sites excluding steroid dienone is 2. The van der Waals surface area contributed by atoms with Crippen molar-refractivity contribution in [1.82, 2.24) is 4.90 Å². The second kappa shape index (κ2) is 6.58. The van der Waals surface area contributed by atoms with Crippen LogP contribution in [0.5, 0.6) is 0 Å². The Hall–Kier alpha value is -1.45. The minimum Gasteiger partial charge on any atom is -0.379 e. The second-order valence-electron chi connectivity index (χ2n) is 6.98. The maximum atomic E-state index is 13.1. The van der Waals surface area contributed by atoms with Gasteiger partial charge in [-0.2, -0.15) is 0 Å². The molecule has 0 bridgehead atoms. The maximum absolute atomic E-state index is 13.1. The van der Waals surface area contributed by atoms with Gasteiger partial charge in [0.2, 0.25) is 0 Å². The Morgan fingerprint density at radius 2 is 1.78 bits per heavy atom. The van der Waals surface area contributed by atoms with Gasteiger partial charge >= 0.3 is 0 Å². The van der Waals surface area contributed by atoms with Gasteiger partial charge in [-0.05, 0) is 36.8 Å². The molecule has 23 heavy (non-hydrogen) atoms. The first-order valence-electron chi connectivity index (χ1n) is 8.96. The Morgan fingerprint density at radius 1 is 1.04 bits per heavy atom. The van der Waals surface area contributed by atoms with Crippen LogP contribution in [0, 0.1) is 5.92 Å². The van der Waals surface area contributed by atoms with E-state index < -0.39 is 0 Å². The number of ketones is 1. The van der Waals surface area contributed by atoms with E-state index in [1.807, 2.05) is 0 Å². The summed E-state index contributed by atoms with van der Waals surface area (Å²) in [7, 11) is 0. The highest BCUT2D eigenvalue weighted by molar-refractivity contribution is 6.02. The molecule has 1 fully saturated rings. The van der Waals surface area contributed by atoms with Crippen molar-refractivity contribution >= 4 is 5.78 Å². The molecule has 2 atom stereocenters. The van der Waals surface area contributed by atoms with Crippen molar-refractivity contribution in [2.45, 2.75) is 31.6 Å². The molecule has 1 saturated heterocycles. The van der Waals surface area contributed by atoms with E-state index in [1.54, 1.807) is 0 Å². The molecule has 0 N–H and O–H groups in total. The van der Waals surface area contributed by atoms with Crippen molar-refractivity contribution in [3.05, 3.63) is 47.0 Å². The molecule has 1 aliphatic heterocycles. The first-order chi connectivity index (χ1) is 11.3. The van der Waals surface area contributed by atoms with Crippen molar-refractivity contribution in [1.29, 1.82) is 0 Å². The fraction of sp³-hybridized carbons (Fsp3) is 0.550. The zero-order valence-electron chi connectivity index (χ0n) is 13.7. The van der Waals surface area contributed by atoms with Crippen LogP contribution in [0.15, 0.2) is 41.5 Å². The first kappa shape index (κ1) is 15.1. The van der Waals surface area contributed by atoms with Crippen LogP contribution in [0.4, 0.5) is 0 Å². The van der Waals surface area contributed by atoms with E-state index >= 15 is 0 Å². The van der Waals surface area contributed by atoms with Gasteiger partial charge in [-0.25, -0.2) is 0 Å². The summed E-state index contributed by atoms with van der Waals surface area (Å²) in [6.07, 6.45) is 4.52. The van der Waals surface area contributed by atoms with E-state index in [9.17, 15) is 4.79 Å². The lowest BCUT2D eigenvalue weighted by atomic mass is 9.81. The van der Waals surface area contributed by atoms with E-state index in [-0.39, 0.29) is 5.92 Å². The zero-order chi connectivity index (χ0) is 15.6. The number of rotatable bonds is 3. The third-order valence-electron chi connectivity index (χ3n) is 5.64. The molecular weight excluding hydrogens is 286 g/mol. The first-order valence-corrected chi connectivity index (χ1v) is 8.96. The van der Waals surface area contributed by atoms with Crippen LogP contribution in [-0.2, 0) is 9.53 Å². The van der Waals surface area contributed by atoms with Gasteiger partial charge in [0.1, 0.15) is 0 Å². The largest absolute Gasteiger partial charge is 0.379 e. The van der Waals surface area contributed by atoms with Crippen LogP contribution in [0.2, 0.25) is 0 Å². The number of ether oxygens (including phenoxy) is 1. The van der Waals surface area contributed by atoms with Crippen LogP contribution >= 0.6 is 0 Å². The van der Waals surface area contributed by atoms with Gasteiger partial charge in [0.15, 0.2) is 5.78 Å². The van der Waals surface area contributed by atoms with Gasteiger partial charge in [0, 0.05) is 31.5 Å². The van der Waals surface area contributed by atoms with Crippen molar-refractivity contribution < 1.29 is 9.53 Å². The molecule has 3 heteroatoms. The maximum Gasteiger partial charge on any atom is 0.164 e. The summed E-state index contributed by atoms with van der Waals surface area (Å²) < 4.78 is 5.46. The molecule has 4 rings (SSSR count). The van der Waals surface area contributed by atoms with E-state index in [0.29, 0.717) is 11.7 Å². The molecule has 0 saturated carbocycles. The molecule has 3 aliphatic rings. The Balaban J connectivity index is 1.64. The predicted octanol–water partition coefficient (Wildman–Crippen LogP) is 3.17. The fourth-order valence-corrected chi connectivity index (χ4v) is 4.52. The molecule has 122 valence electrons. The molecule has 0 amide bonds. The minimum atomic E-state index is 0.110. The SMILES string of the molecule is O=C1C2=C(CCCC2)C(c2ccccc2)C1CN1CCOCC1. The number of nitrogens with zero attached hydrogens (tertiary/aromatic N) is 1. The smallest absolute Gasteiger partial charge is 0.164 e. The highest BCUT2D eigenvalue weighted by Gasteiger charge is 2.43. The van der Waals surface area contributed by atoms with Crippen molar-refractivity contribution in [3.8, 4) is 0 Å². The summed E-state index contributed by atoms with van der Waals surface area (Å²) in [5.74, 6) is 0.848. The lowest BCUT2D eigenvalue weighted by Gasteiger charge is -2.31. The van der Waals surface area contributed by atoms with Gasteiger partial charge in [-0.3, -0.25) is 9.69 Å². The van der Waals surface area contributed by atoms with Gasteiger partial charge in [0.05, 0.1) is 13.2 Å². The second-order valence-corrected chi connectivity index (χ2v) is 6.98. The number of benzene rings is 1. The average Bonchev–Trinajstić information content (AvgIpc) is 2.89. The van der Waals surface area contributed by atoms with Crippen LogP contribution < -0.4 is 0 Å². The fourth-order valence-electron chi connectivity index (χ4n) is 4.52. The molecule has 1 heterocycles. The Kier molecular flexibility index (Phi) is 4.32. The van der Waals surface area contributed by atoms with Crippen molar-refractivity contribution in [2.24, 2.45) is 5.92 Å². The van der Waals surface area contributed by atoms with Gasteiger partial charge in [-0.15, -0.1) is 0 Å². The molecule has 0 aromatic heterocycles. The molecule has 2 unspecified atom stereocenters.